The molecule has 0 fully saturated rings. The van der Waals surface area contributed by atoms with Crippen LogP contribution >= 0.6 is 11.8 Å². The van der Waals surface area contributed by atoms with Crippen LogP contribution in [-0.4, -0.2) is 39.7 Å². The molecule has 28 heavy (non-hydrogen) atoms. The number of methoxy groups -OCH3 is 1. The minimum Gasteiger partial charge on any atom is -0.497 e. The monoisotopic (exact) mass is 401 g/mol. The Kier molecular flexibility index (Phi) is 6.30. The van der Waals surface area contributed by atoms with Crippen LogP contribution in [0.2, 0.25) is 0 Å². The van der Waals surface area contributed by atoms with Crippen molar-refractivity contribution < 1.29 is 18.7 Å². The Bertz CT molecular complexity index is 958. The molecule has 0 atom stereocenters. The zero-order chi connectivity index (χ0) is 20.1. The zero-order valence-electron chi connectivity index (χ0n) is 15.8. The van der Waals surface area contributed by atoms with Crippen molar-refractivity contribution in [1.29, 1.82) is 0 Å². The number of esters is 1. The summed E-state index contributed by atoms with van der Waals surface area (Å²) in [6.45, 7) is 3.58. The van der Waals surface area contributed by atoms with E-state index in [1.165, 1.54) is 17.8 Å². The van der Waals surface area contributed by atoms with Gasteiger partial charge in [-0.15, -0.1) is 10.2 Å². The maximum Gasteiger partial charge on any atom is 0.316 e. The number of rotatable bonds is 7. The van der Waals surface area contributed by atoms with E-state index in [0.29, 0.717) is 22.3 Å². The summed E-state index contributed by atoms with van der Waals surface area (Å²) in [6.07, 6.45) is -0.193. The van der Waals surface area contributed by atoms with Crippen LogP contribution in [0.4, 0.5) is 4.39 Å². The normalized spacial score (nSPS) is 10.9. The third-order valence-corrected chi connectivity index (χ3v) is 4.67. The van der Waals surface area contributed by atoms with Gasteiger partial charge >= 0.3 is 5.97 Å². The molecular weight excluding hydrogens is 381 g/mol. The van der Waals surface area contributed by atoms with Crippen molar-refractivity contribution in [3.8, 4) is 22.8 Å². The highest BCUT2D eigenvalue weighted by Crippen LogP contribution is 2.30. The highest BCUT2D eigenvalue weighted by atomic mass is 32.2. The molecule has 1 aromatic heterocycles. The first-order chi connectivity index (χ1) is 13.5. The largest absolute Gasteiger partial charge is 0.497 e. The molecule has 0 radical (unpaired) electrons. The Labute approximate surface area is 166 Å². The van der Waals surface area contributed by atoms with E-state index < -0.39 is 5.82 Å². The van der Waals surface area contributed by atoms with E-state index in [1.54, 1.807) is 55.9 Å². The lowest BCUT2D eigenvalue weighted by Gasteiger charge is -2.12. The number of thioether (sulfide) groups is 1. The van der Waals surface area contributed by atoms with Crippen molar-refractivity contribution in [2.75, 3.05) is 12.9 Å². The number of carbonyl (C=O) groups is 1. The minimum atomic E-state index is -0.402. The lowest BCUT2D eigenvalue weighted by atomic mass is 10.2. The van der Waals surface area contributed by atoms with E-state index in [9.17, 15) is 9.18 Å². The number of aromatic nitrogens is 3. The van der Waals surface area contributed by atoms with Crippen molar-refractivity contribution in [3.05, 3.63) is 54.3 Å². The van der Waals surface area contributed by atoms with Gasteiger partial charge in [-0.1, -0.05) is 23.9 Å². The van der Waals surface area contributed by atoms with Gasteiger partial charge in [0.1, 0.15) is 11.6 Å². The van der Waals surface area contributed by atoms with E-state index in [0.717, 1.165) is 5.69 Å². The van der Waals surface area contributed by atoms with E-state index >= 15 is 0 Å². The maximum atomic E-state index is 14.4. The fraction of sp³-hybridized carbons (Fsp3) is 0.250. The zero-order valence-corrected chi connectivity index (χ0v) is 16.6. The first-order valence-corrected chi connectivity index (χ1v) is 9.65. The second-order valence-electron chi connectivity index (χ2n) is 6.15. The van der Waals surface area contributed by atoms with Crippen LogP contribution in [0.5, 0.6) is 5.75 Å². The van der Waals surface area contributed by atoms with Gasteiger partial charge in [-0.2, -0.15) is 0 Å². The molecule has 0 N–H and O–H groups in total. The fourth-order valence-electron chi connectivity index (χ4n) is 2.56. The maximum absolute atomic E-state index is 14.4. The molecule has 3 aromatic rings. The Morgan fingerprint density at radius 1 is 1.14 bits per heavy atom. The van der Waals surface area contributed by atoms with Gasteiger partial charge in [0.25, 0.3) is 0 Å². The van der Waals surface area contributed by atoms with Gasteiger partial charge in [0, 0.05) is 0 Å². The molecule has 3 rings (SSSR count). The average molecular weight is 401 g/mol. The lowest BCUT2D eigenvalue weighted by molar-refractivity contribution is -0.144. The summed E-state index contributed by atoms with van der Waals surface area (Å²) in [7, 11) is 1.58. The van der Waals surface area contributed by atoms with Gasteiger partial charge < -0.3 is 9.47 Å². The van der Waals surface area contributed by atoms with Gasteiger partial charge in [-0.25, -0.2) is 4.39 Å². The lowest BCUT2D eigenvalue weighted by Crippen LogP contribution is -2.13. The van der Waals surface area contributed by atoms with Gasteiger partial charge in [0.2, 0.25) is 0 Å². The Balaban J connectivity index is 2.00. The van der Waals surface area contributed by atoms with Crippen LogP contribution in [0.15, 0.2) is 53.7 Å². The summed E-state index contributed by atoms with van der Waals surface area (Å²) >= 11 is 1.18. The highest BCUT2D eigenvalue weighted by Gasteiger charge is 2.20. The van der Waals surface area contributed by atoms with Crippen molar-refractivity contribution in [1.82, 2.24) is 14.8 Å². The van der Waals surface area contributed by atoms with Crippen LogP contribution in [0.25, 0.3) is 17.1 Å². The molecule has 146 valence electrons. The minimum absolute atomic E-state index is 0.0732. The molecule has 0 spiro atoms. The standard InChI is InChI=1S/C20H20FN3O3S/c1-13(2)27-18(25)12-28-20-23-22-19(16-6-4-5-7-17(16)21)24(20)14-8-10-15(26-3)11-9-14/h4-11,13H,12H2,1-3H3. The summed E-state index contributed by atoms with van der Waals surface area (Å²) in [4.78, 5) is 11.9. The Morgan fingerprint density at radius 3 is 2.50 bits per heavy atom. The molecule has 0 amide bonds. The predicted molar refractivity (Wildman–Crippen MR) is 105 cm³/mol. The van der Waals surface area contributed by atoms with Crippen LogP contribution in [-0.2, 0) is 9.53 Å². The fourth-order valence-corrected chi connectivity index (χ4v) is 3.30. The molecule has 0 saturated carbocycles. The Hall–Kier alpha value is -2.87. The van der Waals surface area contributed by atoms with Gasteiger partial charge in [-0.3, -0.25) is 9.36 Å². The van der Waals surface area contributed by atoms with E-state index in [4.69, 9.17) is 9.47 Å². The summed E-state index contributed by atoms with van der Waals surface area (Å²) in [5, 5.41) is 8.81. The van der Waals surface area contributed by atoms with Gasteiger partial charge in [0.15, 0.2) is 11.0 Å². The molecule has 0 bridgehead atoms. The van der Waals surface area contributed by atoms with Crippen molar-refractivity contribution in [3.63, 3.8) is 0 Å². The van der Waals surface area contributed by atoms with Crippen LogP contribution < -0.4 is 4.74 Å². The number of benzene rings is 2. The number of hydrogen-bond acceptors (Lipinski definition) is 6. The SMILES string of the molecule is COc1ccc(-n2c(SCC(=O)OC(C)C)nnc2-c2ccccc2F)cc1. The van der Waals surface area contributed by atoms with Crippen LogP contribution in [0, 0.1) is 5.82 Å². The van der Waals surface area contributed by atoms with Crippen LogP contribution in [0.3, 0.4) is 0 Å². The molecule has 0 unspecified atom stereocenters. The molecule has 0 aliphatic rings. The second kappa shape index (κ2) is 8.88. The Morgan fingerprint density at radius 2 is 1.86 bits per heavy atom. The summed E-state index contributed by atoms with van der Waals surface area (Å²) in [5.74, 6) is 0.364. The number of halogens is 1. The number of ether oxygens (including phenoxy) is 2. The van der Waals surface area contributed by atoms with Crippen molar-refractivity contribution in [2.45, 2.75) is 25.1 Å². The highest BCUT2D eigenvalue weighted by molar-refractivity contribution is 7.99. The molecule has 6 nitrogen and oxygen atoms in total. The summed E-state index contributed by atoms with van der Waals surface area (Å²) in [5.41, 5.74) is 1.05. The predicted octanol–water partition coefficient (Wildman–Crippen LogP) is 4.13. The smallest absolute Gasteiger partial charge is 0.316 e. The van der Waals surface area contributed by atoms with Crippen molar-refractivity contribution >= 4 is 17.7 Å². The summed E-state index contributed by atoms with van der Waals surface area (Å²) in [6, 6.07) is 13.6. The van der Waals surface area contributed by atoms with Crippen LogP contribution in [0.1, 0.15) is 13.8 Å². The first kappa shape index (κ1) is 19.9. The summed E-state index contributed by atoms with van der Waals surface area (Å²) < 4.78 is 26.5. The second-order valence-corrected chi connectivity index (χ2v) is 7.09. The van der Waals surface area contributed by atoms with E-state index in [1.807, 2.05) is 12.1 Å². The first-order valence-electron chi connectivity index (χ1n) is 8.66. The molecule has 2 aromatic carbocycles. The molecule has 8 heteroatoms. The van der Waals surface area contributed by atoms with Crippen molar-refractivity contribution in [2.24, 2.45) is 0 Å². The van der Waals surface area contributed by atoms with E-state index in [2.05, 4.69) is 10.2 Å². The number of carbonyl (C=O) groups excluding carboxylic acids is 1. The quantitative estimate of drug-likeness (QED) is 0.438. The topological polar surface area (TPSA) is 66.2 Å². The number of nitrogens with zero attached hydrogens (tertiary/aromatic N) is 3. The van der Waals surface area contributed by atoms with E-state index in [-0.39, 0.29) is 17.8 Å². The number of hydrogen-bond donors (Lipinski definition) is 0. The average Bonchev–Trinajstić information content (AvgIpc) is 3.10. The molecule has 0 aliphatic carbocycles. The molecular formula is C20H20FN3O3S. The third-order valence-electron chi connectivity index (χ3n) is 3.77. The third kappa shape index (κ3) is 4.51. The molecule has 0 aliphatic heterocycles. The molecule has 1 heterocycles. The van der Waals surface area contributed by atoms with Gasteiger partial charge in [-0.05, 0) is 50.2 Å². The molecule has 0 saturated heterocycles. The van der Waals surface area contributed by atoms with Gasteiger partial charge in [0.05, 0.1) is 30.2 Å².